The highest BCUT2D eigenvalue weighted by Gasteiger charge is 2.08. The van der Waals surface area contributed by atoms with Gasteiger partial charge in [0, 0.05) is 12.5 Å². The van der Waals surface area contributed by atoms with E-state index in [9.17, 15) is 14.9 Å². The summed E-state index contributed by atoms with van der Waals surface area (Å²) in [4.78, 5) is 18.8. The van der Waals surface area contributed by atoms with Crippen LogP contribution < -0.4 is 0 Å². The van der Waals surface area contributed by atoms with Crippen LogP contribution in [0.25, 0.3) is 0 Å². The van der Waals surface area contributed by atoms with Gasteiger partial charge in [-0.15, -0.1) is 0 Å². The fourth-order valence-corrected chi connectivity index (χ4v) is 0.805. The van der Waals surface area contributed by atoms with E-state index in [1.165, 1.54) is 12.1 Å². The lowest BCUT2D eigenvalue weighted by Crippen LogP contribution is -1.87. The van der Waals surface area contributed by atoms with Crippen LogP contribution in [0.2, 0.25) is 5.02 Å². The van der Waals surface area contributed by atoms with Crippen molar-refractivity contribution in [2.24, 2.45) is 0 Å². The lowest BCUT2D eigenvalue weighted by Gasteiger charge is -1.90. The Morgan fingerprint density at radius 2 is 2.00 bits per heavy atom. The number of hydrogen-bond donors (Lipinski definition) is 0. The largest absolute Gasteiger partial charge is 0.303 e. The van der Waals surface area contributed by atoms with Gasteiger partial charge in [-0.1, -0.05) is 30.7 Å². The number of rotatable bonds is 2. The average Bonchev–Trinajstić information content (AvgIpc) is 2.18. The second kappa shape index (κ2) is 7.03. The molecule has 0 heterocycles. The Labute approximate surface area is 86.6 Å². The van der Waals surface area contributed by atoms with Crippen LogP contribution in [0.3, 0.4) is 0 Å². The normalized spacial score (nSPS) is 8.43. The Morgan fingerprint density at radius 1 is 1.50 bits per heavy atom. The molecule has 0 aliphatic rings. The maximum absolute atomic E-state index is 10.1. The number of aldehydes is 1. The molecular formula is C9H10ClNO3. The second-order valence-electron chi connectivity index (χ2n) is 2.28. The maximum Gasteiger partial charge on any atom is 0.287 e. The highest BCUT2D eigenvalue weighted by Crippen LogP contribution is 2.21. The zero-order valence-corrected chi connectivity index (χ0v) is 8.40. The van der Waals surface area contributed by atoms with Crippen molar-refractivity contribution >= 4 is 23.6 Å². The highest BCUT2D eigenvalue weighted by atomic mass is 35.5. The molecule has 76 valence electrons. The molecule has 5 heteroatoms. The van der Waals surface area contributed by atoms with Crippen molar-refractivity contribution in [3.05, 3.63) is 39.4 Å². The number of benzene rings is 1. The van der Waals surface area contributed by atoms with E-state index < -0.39 is 4.92 Å². The van der Waals surface area contributed by atoms with E-state index in [0.29, 0.717) is 6.42 Å². The molecule has 0 atom stereocenters. The fourth-order valence-electron chi connectivity index (χ4n) is 0.600. The summed E-state index contributed by atoms with van der Waals surface area (Å²) in [6, 6.07) is 6.07. The molecule has 0 fully saturated rings. The summed E-state index contributed by atoms with van der Waals surface area (Å²) in [5.41, 5.74) is -0.0517. The molecule has 1 aromatic rings. The highest BCUT2D eigenvalue weighted by molar-refractivity contribution is 6.32. The average molecular weight is 216 g/mol. The molecule has 0 aliphatic carbocycles. The van der Waals surface area contributed by atoms with Crippen LogP contribution in [-0.4, -0.2) is 11.2 Å². The number of nitrogens with zero attached hydrogens (tertiary/aromatic N) is 1. The predicted molar refractivity (Wildman–Crippen MR) is 54.5 cm³/mol. The molecule has 0 bridgehead atoms. The van der Waals surface area contributed by atoms with Crippen molar-refractivity contribution in [1.29, 1.82) is 0 Å². The predicted octanol–water partition coefficient (Wildman–Crippen LogP) is 2.84. The van der Waals surface area contributed by atoms with E-state index in [1.54, 1.807) is 12.1 Å². The maximum atomic E-state index is 10.1. The molecule has 14 heavy (non-hydrogen) atoms. The van der Waals surface area contributed by atoms with Gasteiger partial charge in [0.15, 0.2) is 0 Å². The minimum atomic E-state index is -0.512. The summed E-state index contributed by atoms with van der Waals surface area (Å²) in [5, 5.41) is 10.3. The van der Waals surface area contributed by atoms with Gasteiger partial charge in [-0.25, -0.2) is 0 Å². The first-order valence-electron chi connectivity index (χ1n) is 3.96. The Morgan fingerprint density at radius 3 is 2.29 bits per heavy atom. The van der Waals surface area contributed by atoms with Crippen molar-refractivity contribution in [3.63, 3.8) is 0 Å². The molecule has 0 unspecified atom stereocenters. The molecule has 1 aromatic carbocycles. The first kappa shape index (κ1) is 12.6. The Balaban J connectivity index is 0.000000364. The lowest BCUT2D eigenvalue weighted by atomic mass is 10.3. The van der Waals surface area contributed by atoms with Crippen molar-refractivity contribution in [2.75, 3.05) is 0 Å². The molecule has 0 radical (unpaired) electrons. The lowest BCUT2D eigenvalue weighted by molar-refractivity contribution is -0.384. The number of nitro benzene ring substituents is 1. The number of hydrogen-bond acceptors (Lipinski definition) is 3. The van der Waals surface area contributed by atoms with Gasteiger partial charge in [-0.05, 0) is 6.07 Å². The van der Waals surface area contributed by atoms with Gasteiger partial charge < -0.3 is 4.79 Å². The molecule has 0 aliphatic heterocycles. The first-order valence-corrected chi connectivity index (χ1v) is 4.33. The third-order valence-electron chi connectivity index (χ3n) is 1.22. The summed E-state index contributed by atoms with van der Waals surface area (Å²) >= 11 is 5.48. The van der Waals surface area contributed by atoms with Gasteiger partial charge >= 0.3 is 0 Å². The third kappa shape index (κ3) is 4.57. The summed E-state index contributed by atoms with van der Waals surface area (Å²) in [5.74, 6) is 0. The van der Waals surface area contributed by atoms with Gasteiger partial charge in [-0.3, -0.25) is 10.1 Å². The summed E-state index contributed by atoms with van der Waals surface area (Å²) in [6.07, 6.45) is 1.51. The number of nitro groups is 1. The second-order valence-corrected chi connectivity index (χ2v) is 2.69. The first-order chi connectivity index (χ1) is 6.63. The van der Waals surface area contributed by atoms with Gasteiger partial charge in [0.1, 0.15) is 11.3 Å². The molecule has 0 N–H and O–H groups in total. The van der Waals surface area contributed by atoms with E-state index in [4.69, 9.17) is 11.6 Å². The van der Waals surface area contributed by atoms with Gasteiger partial charge in [0.2, 0.25) is 0 Å². The van der Waals surface area contributed by atoms with Crippen LogP contribution in [0.15, 0.2) is 24.3 Å². The van der Waals surface area contributed by atoms with Crippen molar-refractivity contribution < 1.29 is 9.72 Å². The monoisotopic (exact) mass is 215 g/mol. The Bertz CT molecular complexity index is 315. The van der Waals surface area contributed by atoms with Gasteiger partial charge in [-0.2, -0.15) is 0 Å². The minimum Gasteiger partial charge on any atom is -0.303 e. The fraction of sp³-hybridized carbons (Fsp3) is 0.222. The number of para-hydroxylation sites is 1. The molecule has 0 aromatic heterocycles. The van der Waals surface area contributed by atoms with Crippen LogP contribution in [0.5, 0.6) is 0 Å². The van der Waals surface area contributed by atoms with Crippen molar-refractivity contribution in [2.45, 2.75) is 13.3 Å². The summed E-state index contributed by atoms with van der Waals surface area (Å²) in [6.45, 7) is 1.81. The topological polar surface area (TPSA) is 60.2 Å². The molecule has 0 saturated carbocycles. The van der Waals surface area contributed by atoms with Crippen molar-refractivity contribution in [3.8, 4) is 0 Å². The number of carbonyl (C=O) groups is 1. The summed E-state index contributed by atoms with van der Waals surface area (Å²) < 4.78 is 0. The molecule has 4 nitrogen and oxygen atoms in total. The van der Waals surface area contributed by atoms with Gasteiger partial charge in [0.05, 0.1) is 4.92 Å². The van der Waals surface area contributed by atoms with Crippen LogP contribution >= 0.6 is 11.6 Å². The number of halogens is 1. The molecule has 1 rings (SSSR count). The molecule has 0 spiro atoms. The van der Waals surface area contributed by atoms with Crippen LogP contribution in [-0.2, 0) is 4.79 Å². The van der Waals surface area contributed by atoms with E-state index in [-0.39, 0.29) is 10.7 Å². The van der Waals surface area contributed by atoms with Gasteiger partial charge in [0.25, 0.3) is 5.69 Å². The molecule has 0 amide bonds. The SMILES string of the molecule is CCC=O.O=[N+]([O-])c1ccccc1Cl. The quantitative estimate of drug-likeness (QED) is 0.433. The van der Waals surface area contributed by atoms with E-state index in [2.05, 4.69) is 0 Å². The molecule has 0 saturated heterocycles. The summed E-state index contributed by atoms with van der Waals surface area (Å²) in [7, 11) is 0. The van der Waals surface area contributed by atoms with Crippen LogP contribution in [0, 0.1) is 10.1 Å². The number of carbonyl (C=O) groups excluding carboxylic acids is 1. The van der Waals surface area contributed by atoms with Crippen molar-refractivity contribution in [1.82, 2.24) is 0 Å². The van der Waals surface area contributed by atoms with Crippen LogP contribution in [0.4, 0.5) is 5.69 Å². The smallest absolute Gasteiger partial charge is 0.287 e. The van der Waals surface area contributed by atoms with E-state index in [0.717, 1.165) is 6.29 Å². The van der Waals surface area contributed by atoms with E-state index in [1.807, 2.05) is 6.92 Å². The third-order valence-corrected chi connectivity index (χ3v) is 1.54. The molecular weight excluding hydrogens is 206 g/mol. The zero-order valence-electron chi connectivity index (χ0n) is 7.64. The Kier molecular flexibility index (Phi) is 6.32. The standard InChI is InChI=1S/C6H4ClNO2.C3H6O/c7-5-3-1-2-4-6(5)8(9)10;1-2-3-4/h1-4H;3H,2H2,1H3. The zero-order chi connectivity index (χ0) is 11.0. The minimum absolute atomic E-state index is 0.0517. The van der Waals surface area contributed by atoms with Crippen LogP contribution in [0.1, 0.15) is 13.3 Å². The van der Waals surface area contributed by atoms with E-state index >= 15 is 0 Å². The Hall–Kier alpha value is -1.42.